The summed E-state index contributed by atoms with van der Waals surface area (Å²) in [7, 11) is 6.21. The van der Waals surface area contributed by atoms with E-state index in [1.807, 2.05) is 0 Å². The summed E-state index contributed by atoms with van der Waals surface area (Å²) in [5, 5.41) is 37.0. The zero-order chi connectivity index (χ0) is 44.8. The first kappa shape index (κ1) is 45.9. The van der Waals surface area contributed by atoms with E-state index in [2.05, 4.69) is 56.4 Å². The van der Waals surface area contributed by atoms with Crippen LogP contribution in [0.3, 0.4) is 0 Å². The van der Waals surface area contributed by atoms with Crippen LogP contribution in [0.1, 0.15) is 68.2 Å². The van der Waals surface area contributed by atoms with Gasteiger partial charge in [0.1, 0.15) is 45.8 Å². The number of aliphatic hydroxyl groups excluding tert-OH is 2. The van der Waals surface area contributed by atoms with Crippen LogP contribution in [0.2, 0.25) is 0 Å². The number of rotatable bonds is 15. The number of likely N-dealkylation sites (tertiary alicyclic amines) is 1. The second-order valence-corrected chi connectivity index (χ2v) is 13.8. The Balaban J connectivity index is 0.000000236. The molecule has 0 radical (unpaired) electrons. The lowest BCUT2D eigenvalue weighted by atomic mass is 10.1. The Hall–Kier alpha value is -7.19. The average molecular weight is 853 g/mol. The molecule has 19 heteroatoms. The number of anilines is 2. The van der Waals surface area contributed by atoms with Crippen LogP contribution in [0.15, 0.2) is 49.1 Å². The smallest absolute Gasteiger partial charge is 0.255 e. The van der Waals surface area contributed by atoms with Crippen LogP contribution in [0.25, 0.3) is 0 Å². The Morgan fingerprint density at radius 1 is 0.758 bits per heavy atom. The number of aromatic nitrogens is 4. The number of aliphatic hydroxyl groups is 2. The van der Waals surface area contributed by atoms with Crippen molar-refractivity contribution in [3.8, 4) is 46.7 Å². The first-order chi connectivity index (χ1) is 30.0. The van der Waals surface area contributed by atoms with Crippen molar-refractivity contribution in [3.05, 3.63) is 82.7 Å². The van der Waals surface area contributed by atoms with Gasteiger partial charge in [0.2, 0.25) is 5.91 Å². The summed E-state index contributed by atoms with van der Waals surface area (Å²) >= 11 is 0. The van der Waals surface area contributed by atoms with Crippen LogP contribution in [0.4, 0.5) is 11.6 Å². The molecule has 0 bridgehead atoms. The zero-order valence-corrected chi connectivity index (χ0v) is 35.1. The minimum Gasteiger partial charge on any atom is -0.497 e. The zero-order valence-electron chi connectivity index (χ0n) is 35.1. The number of hydrogen-bond acceptors (Lipinski definition) is 14. The lowest BCUT2D eigenvalue weighted by Gasteiger charge is -2.17. The number of methoxy groups -OCH3 is 4. The van der Waals surface area contributed by atoms with Crippen molar-refractivity contribution in [2.45, 2.75) is 24.9 Å². The molecule has 0 unspecified atom stereocenters. The summed E-state index contributed by atoms with van der Waals surface area (Å²) < 4.78 is 24.4. The third-order valence-electron chi connectivity index (χ3n) is 9.85. The van der Waals surface area contributed by atoms with Crippen LogP contribution >= 0.6 is 0 Å². The quantitative estimate of drug-likeness (QED) is 0.0654. The van der Waals surface area contributed by atoms with Gasteiger partial charge in [0.25, 0.3) is 11.8 Å². The first-order valence-electron chi connectivity index (χ1n) is 19.6. The molecular formula is C43H52N10O9. The maximum Gasteiger partial charge on any atom is 0.255 e. The van der Waals surface area contributed by atoms with Crippen LogP contribution in [0, 0.1) is 23.7 Å². The van der Waals surface area contributed by atoms with Crippen molar-refractivity contribution in [2.24, 2.45) is 11.5 Å². The van der Waals surface area contributed by atoms with E-state index in [4.69, 9.17) is 30.4 Å². The van der Waals surface area contributed by atoms with Crippen LogP contribution in [-0.2, 0) is 4.79 Å². The third-order valence-corrected chi connectivity index (χ3v) is 9.85. The van der Waals surface area contributed by atoms with Gasteiger partial charge >= 0.3 is 0 Å². The highest BCUT2D eigenvalue weighted by molar-refractivity contribution is 6.00. The first-order valence-corrected chi connectivity index (χ1v) is 19.6. The summed E-state index contributed by atoms with van der Waals surface area (Å²) in [5.74, 6) is 13.6. The number of ether oxygens (including phenoxy) is 4. The molecule has 328 valence electrons. The van der Waals surface area contributed by atoms with Crippen molar-refractivity contribution < 1.29 is 43.5 Å². The van der Waals surface area contributed by atoms with Crippen LogP contribution in [-0.4, -0.2) is 133 Å². The minimum absolute atomic E-state index is 0.0711. The van der Waals surface area contributed by atoms with E-state index < -0.39 is 11.8 Å². The van der Waals surface area contributed by atoms with E-state index in [1.54, 1.807) is 79.1 Å². The molecule has 0 saturated carbocycles. The van der Waals surface area contributed by atoms with Gasteiger partial charge in [-0.05, 0) is 61.6 Å². The molecule has 2 aromatic heterocycles. The number of nitrogens with one attached hydrogen (secondary N) is 3. The second-order valence-electron chi connectivity index (χ2n) is 13.8. The summed E-state index contributed by atoms with van der Waals surface area (Å²) in [6, 6.07) is 10.3. The van der Waals surface area contributed by atoms with Crippen molar-refractivity contribution in [1.82, 2.24) is 29.8 Å². The van der Waals surface area contributed by atoms with Gasteiger partial charge in [-0.2, -0.15) is 10.2 Å². The van der Waals surface area contributed by atoms with Gasteiger partial charge < -0.3 is 61.5 Å². The molecular weight excluding hydrogens is 801 g/mol. The summed E-state index contributed by atoms with van der Waals surface area (Å²) in [6.07, 6.45) is 2.77. The normalized spacial score (nSPS) is 15.2. The standard InChI is InChI=1S/C23H27N5O5.C20H25N5O4/c1-4-20(30)27-9-7-16(14-27)28-23(25-8-10-29)21(22(24)31)19(26-28)6-5-15-11-17(32-2)13-18(12-15)33-3;1-28-15-9-13(10-16(11-15)29-2)3-4-17-18(19(21)27)20(23-7-8-26)25(24-17)14-5-6-22-12-14/h4,11-13,16,25,29H,1,7-10,14H2,2-3H3,(H2,24,31);9-11,14,22-23,26H,5-8,12H2,1-2H3,(H2,21,27)/t16-;14-/m00/s1. The Kier molecular flexibility index (Phi) is 16.2. The Labute approximate surface area is 359 Å². The Morgan fingerprint density at radius 2 is 1.21 bits per heavy atom. The van der Waals surface area contributed by atoms with Gasteiger partial charge in [-0.3, -0.25) is 14.4 Å². The molecule has 2 fully saturated rings. The highest BCUT2D eigenvalue weighted by Crippen LogP contribution is 2.30. The molecule has 2 saturated heterocycles. The molecule has 62 heavy (non-hydrogen) atoms. The molecule has 2 aliphatic rings. The molecule has 0 aliphatic carbocycles. The predicted octanol–water partition coefficient (Wildman–Crippen LogP) is 1.10. The summed E-state index contributed by atoms with van der Waals surface area (Å²) in [6.45, 7) is 6.27. The summed E-state index contributed by atoms with van der Waals surface area (Å²) in [4.78, 5) is 38.2. The molecule has 4 heterocycles. The largest absolute Gasteiger partial charge is 0.497 e. The van der Waals surface area contributed by atoms with Gasteiger partial charge in [-0.15, -0.1) is 0 Å². The highest BCUT2D eigenvalue weighted by atomic mass is 16.5. The Morgan fingerprint density at radius 3 is 1.58 bits per heavy atom. The fourth-order valence-electron chi connectivity index (χ4n) is 6.87. The number of carbonyl (C=O) groups excluding carboxylic acids is 3. The van der Waals surface area contributed by atoms with Crippen molar-refractivity contribution in [1.29, 1.82) is 0 Å². The van der Waals surface area contributed by atoms with E-state index in [0.717, 1.165) is 19.5 Å². The molecule has 19 nitrogen and oxygen atoms in total. The number of amides is 3. The van der Waals surface area contributed by atoms with Gasteiger partial charge in [0.15, 0.2) is 11.4 Å². The monoisotopic (exact) mass is 852 g/mol. The van der Waals surface area contributed by atoms with Gasteiger partial charge in [0.05, 0.1) is 53.7 Å². The maximum atomic E-state index is 12.3. The molecule has 3 amide bonds. The minimum atomic E-state index is -0.703. The number of primary amides is 2. The van der Waals surface area contributed by atoms with E-state index in [9.17, 15) is 24.6 Å². The lowest BCUT2D eigenvalue weighted by Crippen LogP contribution is -2.28. The average Bonchev–Trinajstić information content (AvgIpc) is 4.12. The number of nitrogens with two attached hydrogens (primary N) is 2. The molecule has 4 aromatic rings. The van der Waals surface area contributed by atoms with Gasteiger partial charge in [-0.1, -0.05) is 18.4 Å². The SMILES string of the molecule is C=CC(=O)N1CC[C@H](n2nc(C#Cc3cc(OC)cc(OC)c3)c(C(N)=O)c2NCCO)C1.COc1cc(C#Cc2nn([C@H]3CCNC3)c(NCCO)c2C(N)=O)cc(OC)c1. The fraction of sp³-hybridized carbons (Fsp3) is 0.372. The number of carbonyl (C=O) groups is 3. The molecule has 9 N–H and O–H groups in total. The third kappa shape index (κ3) is 11.1. The van der Waals surface area contributed by atoms with E-state index >= 15 is 0 Å². The van der Waals surface area contributed by atoms with Crippen LogP contribution in [0.5, 0.6) is 23.0 Å². The molecule has 2 atom stereocenters. The molecule has 0 spiro atoms. The second kappa shape index (κ2) is 21.9. The van der Waals surface area contributed by atoms with Crippen molar-refractivity contribution in [3.63, 3.8) is 0 Å². The molecule has 2 aliphatic heterocycles. The van der Waals surface area contributed by atoms with E-state index in [-0.39, 0.29) is 66.8 Å². The van der Waals surface area contributed by atoms with Gasteiger partial charge in [0, 0.05) is 56.0 Å². The predicted molar refractivity (Wildman–Crippen MR) is 231 cm³/mol. The number of hydrogen-bond donors (Lipinski definition) is 7. The molecule has 2 aromatic carbocycles. The van der Waals surface area contributed by atoms with Crippen LogP contribution < -0.4 is 46.4 Å². The highest BCUT2D eigenvalue weighted by Gasteiger charge is 2.32. The van der Waals surface area contributed by atoms with Crippen molar-refractivity contribution in [2.75, 3.05) is 91.6 Å². The lowest BCUT2D eigenvalue weighted by molar-refractivity contribution is -0.125. The molecule has 6 rings (SSSR count). The Bertz CT molecular complexity index is 2340. The number of nitrogens with zero attached hydrogens (tertiary/aromatic N) is 5. The van der Waals surface area contributed by atoms with E-state index in [1.165, 1.54) is 6.08 Å². The van der Waals surface area contributed by atoms with E-state index in [0.29, 0.717) is 65.3 Å². The topological polar surface area (TPSA) is 256 Å². The van der Waals surface area contributed by atoms with Crippen molar-refractivity contribution >= 4 is 29.4 Å². The summed E-state index contributed by atoms with van der Waals surface area (Å²) in [5.41, 5.74) is 13.4. The number of benzene rings is 2. The van der Waals surface area contributed by atoms with Gasteiger partial charge in [-0.25, -0.2) is 9.36 Å². The maximum absolute atomic E-state index is 12.3. The fourth-order valence-corrected chi connectivity index (χ4v) is 6.87.